The van der Waals surface area contributed by atoms with Gasteiger partial charge in [0.05, 0.1) is 6.42 Å². The molecule has 0 bridgehead atoms. The molecule has 0 aromatic heterocycles. The first-order chi connectivity index (χ1) is 8.04. The van der Waals surface area contributed by atoms with Gasteiger partial charge in [-0.05, 0) is 18.1 Å². The van der Waals surface area contributed by atoms with E-state index in [0.29, 0.717) is 6.54 Å². The Balaban J connectivity index is 2.65. The van der Waals surface area contributed by atoms with Crippen LogP contribution in [0.25, 0.3) is 0 Å². The first-order valence-electron chi connectivity index (χ1n) is 5.33. The van der Waals surface area contributed by atoms with Crippen LogP contribution in [0.1, 0.15) is 18.1 Å². The molecule has 1 rings (SSSR count). The van der Waals surface area contributed by atoms with Crippen LogP contribution in [0.5, 0.6) is 0 Å². The van der Waals surface area contributed by atoms with Gasteiger partial charge in [-0.25, -0.2) is 0 Å². The van der Waals surface area contributed by atoms with E-state index in [4.69, 9.17) is 10.8 Å². The van der Waals surface area contributed by atoms with Gasteiger partial charge in [0.25, 0.3) is 0 Å². The van der Waals surface area contributed by atoms with Crippen LogP contribution < -0.4 is 11.1 Å². The summed E-state index contributed by atoms with van der Waals surface area (Å²) < 4.78 is 0. The number of rotatable bonds is 5. The number of carbonyl (C=O) groups excluding carboxylic acids is 1. The lowest BCUT2D eigenvalue weighted by Crippen LogP contribution is -2.39. The number of nitrogens with one attached hydrogen (secondary N) is 1. The van der Waals surface area contributed by atoms with Crippen molar-refractivity contribution in [2.24, 2.45) is 5.73 Å². The molecule has 1 aromatic rings. The van der Waals surface area contributed by atoms with E-state index >= 15 is 0 Å². The van der Waals surface area contributed by atoms with Crippen LogP contribution in [0.3, 0.4) is 0 Å². The summed E-state index contributed by atoms with van der Waals surface area (Å²) >= 11 is 0. The Labute approximate surface area is 99.6 Å². The summed E-state index contributed by atoms with van der Waals surface area (Å²) in [4.78, 5) is 22.2. The van der Waals surface area contributed by atoms with E-state index in [2.05, 4.69) is 5.32 Å². The predicted molar refractivity (Wildman–Crippen MR) is 63.3 cm³/mol. The number of nitrogens with two attached hydrogens (primary N) is 1. The van der Waals surface area contributed by atoms with Gasteiger partial charge in [-0.15, -0.1) is 0 Å². The molecular formula is C12H16N2O3. The molecule has 0 fully saturated rings. The fraction of sp³-hybridized carbons (Fsp3) is 0.333. The molecule has 5 heteroatoms. The van der Waals surface area contributed by atoms with E-state index in [9.17, 15) is 9.59 Å². The quantitative estimate of drug-likeness (QED) is 0.684. The normalized spacial score (nSPS) is 11.9. The second-order valence-corrected chi connectivity index (χ2v) is 3.78. The Morgan fingerprint density at radius 1 is 1.35 bits per heavy atom. The van der Waals surface area contributed by atoms with Gasteiger partial charge in [0.2, 0.25) is 5.91 Å². The largest absolute Gasteiger partial charge is 0.480 e. The summed E-state index contributed by atoms with van der Waals surface area (Å²) in [6.45, 7) is 1.78. The van der Waals surface area contributed by atoms with E-state index in [1.54, 1.807) is 0 Å². The van der Waals surface area contributed by atoms with Crippen molar-refractivity contribution >= 4 is 11.9 Å². The average Bonchev–Trinajstić information content (AvgIpc) is 2.29. The maximum absolute atomic E-state index is 11.6. The van der Waals surface area contributed by atoms with Gasteiger partial charge < -0.3 is 16.2 Å². The Morgan fingerprint density at radius 2 is 1.94 bits per heavy atom. The van der Waals surface area contributed by atoms with E-state index in [-0.39, 0.29) is 12.3 Å². The highest BCUT2D eigenvalue weighted by Gasteiger charge is 2.14. The second kappa shape index (κ2) is 6.00. The molecule has 0 aliphatic rings. The van der Waals surface area contributed by atoms with E-state index < -0.39 is 12.0 Å². The molecule has 0 heterocycles. The van der Waals surface area contributed by atoms with Crippen molar-refractivity contribution < 1.29 is 14.7 Å². The summed E-state index contributed by atoms with van der Waals surface area (Å²) in [7, 11) is 0. The van der Waals surface area contributed by atoms with Crippen molar-refractivity contribution in [1.29, 1.82) is 0 Å². The van der Waals surface area contributed by atoms with Crippen molar-refractivity contribution in [3.8, 4) is 0 Å². The Morgan fingerprint density at radius 3 is 2.47 bits per heavy atom. The first kappa shape index (κ1) is 13.2. The molecule has 4 N–H and O–H groups in total. The summed E-state index contributed by atoms with van der Waals surface area (Å²) in [6.07, 6.45) is 0.144. The maximum Gasteiger partial charge on any atom is 0.325 e. The van der Waals surface area contributed by atoms with Gasteiger partial charge in [0, 0.05) is 6.54 Å². The molecule has 1 amide bonds. The number of aliphatic carboxylic acids is 1. The molecule has 0 unspecified atom stereocenters. The van der Waals surface area contributed by atoms with Crippen LogP contribution in [-0.4, -0.2) is 23.0 Å². The molecule has 0 aliphatic carbocycles. The number of hydrogen-bond acceptors (Lipinski definition) is 3. The van der Waals surface area contributed by atoms with Crippen LogP contribution in [-0.2, 0) is 22.6 Å². The van der Waals surface area contributed by atoms with Crippen molar-refractivity contribution in [2.45, 2.75) is 25.9 Å². The van der Waals surface area contributed by atoms with Crippen LogP contribution in [0, 0.1) is 0 Å². The first-order valence-corrected chi connectivity index (χ1v) is 5.33. The Bertz CT molecular complexity index is 418. The van der Waals surface area contributed by atoms with Crippen LogP contribution in [0.4, 0.5) is 0 Å². The average molecular weight is 236 g/mol. The van der Waals surface area contributed by atoms with Crippen molar-refractivity contribution in [1.82, 2.24) is 5.32 Å². The van der Waals surface area contributed by atoms with Crippen molar-refractivity contribution in [3.63, 3.8) is 0 Å². The molecule has 0 saturated carbocycles. The SMILES string of the molecule is C[C@@H](NC(=O)Cc1ccccc1CN)C(=O)O. The zero-order valence-corrected chi connectivity index (χ0v) is 9.64. The second-order valence-electron chi connectivity index (χ2n) is 3.78. The molecule has 1 aromatic carbocycles. The third-order valence-electron chi connectivity index (χ3n) is 2.44. The van der Waals surface area contributed by atoms with Crippen LogP contribution in [0.2, 0.25) is 0 Å². The number of carboxylic acids is 1. The van der Waals surface area contributed by atoms with Crippen LogP contribution in [0.15, 0.2) is 24.3 Å². The lowest BCUT2D eigenvalue weighted by molar-refractivity contribution is -0.141. The van der Waals surface area contributed by atoms with Gasteiger partial charge in [-0.3, -0.25) is 9.59 Å². The van der Waals surface area contributed by atoms with Crippen molar-refractivity contribution in [2.75, 3.05) is 0 Å². The highest BCUT2D eigenvalue weighted by molar-refractivity contribution is 5.84. The fourth-order valence-corrected chi connectivity index (χ4v) is 1.46. The molecular weight excluding hydrogens is 220 g/mol. The smallest absolute Gasteiger partial charge is 0.325 e. The van der Waals surface area contributed by atoms with Gasteiger partial charge >= 0.3 is 5.97 Å². The third-order valence-corrected chi connectivity index (χ3v) is 2.44. The van der Waals surface area contributed by atoms with E-state index in [1.165, 1.54) is 6.92 Å². The predicted octanol–water partition coefficient (Wildman–Crippen LogP) is 0.277. The number of amides is 1. The Hall–Kier alpha value is -1.88. The maximum atomic E-state index is 11.6. The van der Waals surface area contributed by atoms with Gasteiger partial charge in [0.1, 0.15) is 6.04 Å². The highest BCUT2D eigenvalue weighted by atomic mass is 16.4. The molecule has 1 atom stereocenters. The summed E-state index contributed by atoms with van der Waals surface area (Å²) in [5, 5.41) is 11.1. The van der Waals surface area contributed by atoms with Gasteiger partial charge in [-0.1, -0.05) is 24.3 Å². The molecule has 5 nitrogen and oxygen atoms in total. The zero-order chi connectivity index (χ0) is 12.8. The molecule has 17 heavy (non-hydrogen) atoms. The lowest BCUT2D eigenvalue weighted by Gasteiger charge is -2.11. The highest BCUT2D eigenvalue weighted by Crippen LogP contribution is 2.08. The minimum Gasteiger partial charge on any atom is -0.480 e. The third kappa shape index (κ3) is 3.88. The minimum absolute atomic E-state index is 0.144. The molecule has 0 radical (unpaired) electrons. The summed E-state index contributed by atoms with van der Waals surface area (Å²) in [5.41, 5.74) is 7.27. The van der Waals surface area contributed by atoms with Crippen LogP contribution >= 0.6 is 0 Å². The van der Waals surface area contributed by atoms with Gasteiger partial charge in [-0.2, -0.15) is 0 Å². The standard InChI is InChI=1S/C12H16N2O3/c1-8(12(16)17)14-11(15)6-9-4-2-3-5-10(9)7-13/h2-5,8H,6-7,13H2,1H3,(H,14,15)(H,16,17)/t8-/m1/s1. The summed E-state index contributed by atoms with van der Waals surface area (Å²) in [6, 6.07) is 6.45. The molecule has 0 spiro atoms. The molecule has 92 valence electrons. The van der Waals surface area contributed by atoms with E-state index in [0.717, 1.165) is 11.1 Å². The minimum atomic E-state index is -1.05. The lowest BCUT2D eigenvalue weighted by atomic mass is 10.0. The monoisotopic (exact) mass is 236 g/mol. The van der Waals surface area contributed by atoms with E-state index in [1.807, 2.05) is 24.3 Å². The molecule has 0 aliphatic heterocycles. The Kier molecular flexibility index (Phi) is 4.66. The van der Waals surface area contributed by atoms with Gasteiger partial charge in [0.15, 0.2) is 0 Å². The number of carbonyl (C=O) groups is 2. The number of carboxylic acid groups (broad SMARTS) is 1. The number of hydrogen-bond donors (Lipinski definition) is 3. The zero-order valence-electron chi connectivity index (χ0n) is 9.64. The fourth-order valence-electron chi connectivity index (χ4n) is 1.46. The topological polar surface area (TPSA) is 92.4 Å². The molecule has 0 saturated heterocycles. The summed E-state index contributed by atoms with van der Waals surface area (Å²) in [5.74, 6) is -1.37. The number of benzene rings is 1. The van der Waals surface area contributed by atoms with Crippen molar-refractivity contribution in [3.05, 3.63) is 35.4 Å².